The topological polar surface area (TPSA) is 112 Å². The number of alkyl carbamates (subject to hydrolysis) is 1. The summed E-state index contributed by atoms with van der Waals surface area (Å²) in [5.41, 5.74) is 0.165. The quantitative estimate of drug-likeness (QED) is 0.213. The second-order valence-electron chi connectivity index (χ2n) is 12.7. The molecule has 45 heavy (non-hydrogen) atoms. The number of nitrogens with one attached hydrogen (secondary N) is 1. The van der Waals surface area contributed by atoms with Gasteiger partial charge in [0.1, 0.15) is 24.4 Å². The zero-order valence-electron chi connectivity index (χ0n) is 26.2. The molecule has 0 aliphatic carbocycles. The summed E-state index contributed by atoms with van der Waals surface area (Å²) in [5, 5.41) is 4.81. The van der Waals surface area contributed by atoms with Crippen molar-refractivity contribution in [1.82, 2.24) is 15.3 Å². The first-order valence-corrected chi connectivity index (χ1v) is 15.4. The Bertz CT molecular complexity index is 1700. The molecule has 0 unspecified atom stereocenters. The van der Waals surface area contributed by atoms with Gasteiger partial charge in [-0.25, -0.2) is 19.6 Å². The minimum atomic E-state index is -0.782. The lowest BCUT2D eigenvalue weighted by atomic mass is 10.0. The number of anilines is 1. The van der Waals surface area contributed by atoms with Crippen LogP contribution in [0.25, 0.3) is 21.2 Å². The highest BCUT2D eigenvalue weighted by atomic mass is 32.1. The molecule has 2 aromatic carbocycles. The Morgan fingerprint density at radius 2 is 1.67 bits per heavy atom. The molecule has 1 N–H and O–H groups in total. The predicted octanol–water partition coefficient (Wildman–Crippen LogP) is 7.15. The van der Waals surface area contributed by atoms with E-state index in [0.29, 0.717) is 41.7 Å². The number of carbonyl (C=O) groups is 2. The monoisotopic (exact) mass is 636 g/mol. The van der Waals surface area contributed by atoms with Crippen LogP contribution >= 0.6 is 11.3 Å². The SMILES string of the molecule is CC(C)(C)OC(=O)N[C@@H](Cc1ccc2c(c1)OCCO2)CN(C(=O)OC(C)(C)C)c1ncc(-c2ccc3cnc(F)cc3c2)s1. The fraction of sp³-hybridized carbons (Fsp3) is 0.394. The summed E-state index contributed by atoms with van der Waals surface area (Å²) >= 11 is 1.28. The molecule has 0 fully saturated rings. The van der Waals surface area contributed by atoms with Crippen molar-refractivity contribution in [3.63, 3.8) is 0 Å². The average molecular weight is 637 g/mol. The zero-order chi connectivity index (χ0) is 32.4. The summed E-state index contributed by atoms with van der Waals surface area (Å²) in [4.78, 5) is 37.1. The van der Waals surface area contributed by atoms with Crippen LogP contribution in [0.15, 0.2) is 54.9 Å². The van der Waals surface area contributed by atoms with Crippen molar-refractivity contribution < 1.29 is 32.9 Å². The maximum atomic E-state index is 13.8. The Labute approximate surface area is 265 Å². The molecule has 1 atom stereocenters. The second-order valence-corrected chi connectivity index (χ2v) is 13.7. The smallest absolute Gasteiger partial charge is 0.416 e. The van der Waals surface area contributed by atoms with Crippen molar-refractivity contribution >= 4 is 39.4 Å². The first kappa shape index (κ1) is 32.0. The standard InChI is InChI=1S/C33H37FN4O6S/c1-32(2,3)43-30(39)37-24(13-20-7-10-25-26(14-20)42-12-11-41-25)19-38(31(40)44-33(4,5)6)29-36-18-27(45-29)21-8-9-22-17-35-28(34)16-23(22)15-21/h7-10,14-18,24H,11-13,19H2,1-6H3,(H,37,39)/t24-/m0/s1. The second kappa shape index (κ2) is 12.9. The van der Waals surface area contributed by atoms with E-state index in [1.807, 2.05) is 36.4 Å². The summed E-state index contributed by atoms with van der Waals surface area (Å²) < 4.78 is 36.6. The van der Waals surface area contributed by atoms with Gasteiger partial charge in [0.2, 0.25) is 5.95 Å². The first-order valence-electron chi connectivity index (χ1n) is 14.6. The van der Waals surface area contributed by atoms with E-state index in [0.717, 1.165) is 21.4 Å². The highest BCUT2D eigenvalue weighted by Gasteiger charge is 2.30. The fourth-order valence-corrected chi connectivity index (χ4v) is 5.60. The van der Waals surface area contributed by atoms with Crippen molar-refractivity contribution in [2.75, 3.05) is 24.7 Å². The van der Waals surface area contributed by atoms with Gasteiger partial charge in [0.25, 0.3) is 0 Å². The molecule has 0 saturated carbocycles. The molecule has 2 amide bonds. The average Bonchev–Trinajstić information content (AvgIpc) is 3.43. The van der Waals surface area contributed by atoms with Crippen molar-refractivity contribution in [3.8, 4) is 21.9 Å². The van der Waals surface area contributed by atoms with E-state index in [9.17, 15) is 14.0 Å². The fourth-order valence-electron chi connectivity index (χ4n) is 4.69. The number of aromatic nitrogens is 2. The minimum absolute atomic E-state index is 0.0319. The molecule has 238 valence electrons. The molecule has 0 radical (unpaired) electrons. The van der Waals surface area contributed by atoms with E-state index >= 15 is 0 Å². The van der Waals surface area contributed by atoms with E-state index in [2.05, 4.69) is 15.3 Å². The summed E-state index contributed by atoms with van der Waals surface area (Å²) in [6.07, 6.45) is 2.25. The third-order valence-electron chi connectivity index (χ3n) is 6.52. The van der Waals surface area contributed by atoms with Crippen LogP contribution in [0.5, 0.6) is 11.5 Å². The number of halogens is 1. The molecule has 1 aliphatic rings. The van der Waals surface area contributed by atoms with Gasteiger partial charge in [-0.3, -0.25) is 4.90 Å². The van der Waals surface area contributed by atoms with E-state index in [1.165, 1.54) is 28.5 Å². The van der Waals surface area contributed by atoms with E-state index in [1.54, 1.807) is 47.7 Å². The van der Waals surface area contributed by atoms with Crippen LogP contribution in [-0.2, 0) is 15.9 Å². The molecular formula is C33H37FN4O6S. The number of fused-ring (bicyclic) bond motifs is 2. The number of ether oxygens (including phenoxy) is 4. The number of benzene rings is 2. The molecule has 0 saturated heterocycles. The number of carbonyl (C=O) groups excluding carboxylic acids is 2. The number of hydrogen-bond donors (Lipinski definition) is 1. The van der Waals surface area contributed by atoms with Gasteiger partial charge in [-0.1, -0.05) is 29.5 Å². The molecule has 0 spiro atoms. The first-order chi connectivity index (χ1) is 21.2. The highest BCUT2D eigenvalue weighted by molar-refractivity contribution is 7.19. The lowest BCUT2D eigenvalue weighted by Gasteiger charge is -2.30. The molecule has 12 heteroatoms. The number of rotatable bonds is 7. The number of thiazole rings is 1. The van der Waals surface area contributed by atoms with E-state index in [4.69, 9.17) is 18.9 Å². The number of nitrogens with zero attached hydrogens (tertiary/aromatic N) is 3. The largest absolute Gasteiger partial charge is 0.486 e. The summed E-state index contributed by atoms with van der Waals surface area (Å²) in [7, 11) is 0. The maximum Gasteiger partial charge on any atom is 0.416 e. The van der Waals surface area contributed by atoms with Crippen molar-refractivity contribution in [2.24, 2.45) is 0 Å². The van der Waals surface area contributed by atoms with Gasteiger partial charge in [-0.2, -0.15) is 4.39 Å². The van der Waals surface area contributed by atoms with Gasteiger partial charge < -0.3 is 24.3 Å². The van der Waals surface area contributed by atoms with Gasteiger partial charge in [-0.05, 0) is 82.7 Å². The zero-order valence-corrected chi connectivity index (χ0v) is 27.0. The molecule has 0 bridgehead atoms. The Morgan fingerprint density at radius 1 is 0.933 bits per heavy atom. The molecule has 5 rings (SSSR count). The maximum absolute atomic E-state index is 13.8. The molecule has 2 aromatic heterocycles. The molecule has 4 aromatic rings. The third kappa shape index (κ3) is 8.59. The molecular weight excluding hydrogens is 599 g/mol. The van der Waals surface area contributed by atoms with Crippen LogP contribution in [0.4, 0.5) is 19.1 Å². The van der Waals surface area contributed by atoms with Gasteiger partial charge in [0, 0.05) is 23.8 Å². The molecule has 1 aliphatic heterocycles. The Morgan fingerprint density at radius 3 is 2.40 bits per heavy atom. The predicted molar refractivity (Wildman–Crippen MR) is 171 cm³/mol. The van der Waals surface area contributed by atoms with Crippen LogP contribution in [0, 0.1) is 5.95 Å². The van der Waals surface area contributed by atoms with E-state index < -0.39 is 35.4 Å². The van der Waals surface area contributed by atoms with Crippen molar-refractivity contribution in [1.29, 1.82) is 0 Å². The normalized spacial score (nSPS) is 13.7. The molecule has 3 heterocycles. The van der Waals surface area contributed by atoms with Crippen LogP contribution in [0.1, 0.15) is 47.1 Å². The number of hydrogen-bond acceptors (Lipinski definition) is 9. The van der Waals surface area contributed by atoms with E-state index in [-0.39, 0.29) is 6.54 Å². The highest BCUT2D eigenvalue weighted by Crippen LogP contribution is 2.35. The van der Waals surface area contributed by atoms with Crippen molar-refractivity contribution in [3.05, 3.63) is 66.4 Å². The molecule has 10 nitrogen and oxygen atoms in total. The van der Waals surface area contributed by atoms with Gasteiger partial charge in [0.05, 0.1) is 17.5 Å². The third-order valence-corrected chi connectivity index (χ3v) is 7.59. The van der Waals surface area contributed by atoms with Crippen LogP contribution < -0.4 is 19.7 Å². The Balaban J connectivity index is 1.46. The van der Waals surface area contributed by atoms with Gasteiger partial charge in [-0.15, -0.1) is 0 Å². The van der Waals surface area contributed by atoms with Crippen molar-refractivity contribution in [2.45, 2.75) is 65.2 Å². The summed E-state index contributed by atoms with van der Waals surface area (Å²) in [5.74, 6) is 0.705. The van der Waals surface area contributed by atoms with Crippen LogP contribution in [-0.4, -0.2) is 59.2 Å². The van der Waals surface area contributed by atoms with Gasteiger partial charge >= 0.3 is 12.2 Å². The Hall–Kier alpha value is -4.45. The van der Waals surface area contributed by atoms with Crippen LogP contribution in [0.2, 0.25) is 0 Å². The minimum Gasteiger partial charge on any atom is -0.486 e. The Kier molecular flexibility index (Phi) is 9.15. The van der Waals surface area contributed by atoms with Crippen LogP contribution in [0.3, 0.4) is 0 Å². The number of amides is 2. The lowest BCUT2D eigenvalue weighted by Crippen LogP contribution is -2.49. The lowest BCUT2D eigenvalue weighted by molar-refractivity contribution is 0.0486. The van der Waals surface area contributed by atoms with Gasteiger partial charge in [0.15, 0.2) is 16.6 Å². The summed E-state index contributed by atoms with van der Waals surface area (Å²) in [6, 6.07) is 12.0. The number of pyridine rings is 1. The summed E-state index contributed by atoms with van der Waals surface area (Å²) in [6.45, 7) is 11.6.